The van der Waals surface area contributed by atoms with Gasteiger partial charge in [0.2, 0.25) is 15.9 Å². The molecule has 166 valence electrons. The van der Waals surface area contributed by atoms with Crippen molar-refractivity contribution >= 4 is 27.5 Å². The minimum atomic E-state index is -3.58. The van der Waals surface area contributed by atoms with Crippen molar-refractivity contribution in [2.45, 2.75) is 56.5 Å². The number of carbonyl (C=O) groups excluding carboxylic acids is 2. The van der Waals surface area contributed by atoms with Crippen LogP contribution in [-0.4, -0.2) is 43.2 Å². The maximum Gasteiger partial charge on any atom is 0.251 e. The normalized spacial score (nSPS) is 19.5. The number of nitrogens with zero attached hydrogens (tertiary/aromatic N) is 1. The maximum atomic E-state index is 13.1. The van der Waals surface area contributed by atoms with E-state index in [1.54, 1.807) is 40.7 Å². The fraction of sp³-hybridized carbons (Fsp3) is 0.391. The number of amides is 2. The third kappa shape index (κ3) is 5.71. The fourth-order valence-corrected chi connectivity index (χ4v) is 5.79. The van der Waals surface area contributed by atoms with Crippen LogP contribution in [0.1, 0.15) is 49.9 Å². The summed E-state index contributed by atoms with van der Waals surface area (Å²) in [6.45, 7) is 4.09. The van der Waals surface area contributed by atoms with Crippen LogP contribution in [0.25, 0.3) is 0 Å². The number of piperidine rings is 1. The van der Waals surface area contributed by atoms with Gasteiger partial charge in [-0.1, -0.05) is 24.6 Å². The van der Waals surface area contributed by atoms with Crippen molar-refractivity contribution < 1.29 is 18.0 Å². The Morgan fingerprint density at radius 1 is 0.968 bits per heavy atom. The number of carbonyl (C=O) groups is 2. The predicted molar refractivity (Wildman–Crippen MR) is 120 cm³/mol. The molecule has 3 rings (SSSR count). The monoisotopic (exact) mass is 443 g/mol. The van der Waals surface area contributed by atoms with Gasteiger partial charge in [0.05, 0.1) is 4.90 Å². The van der Waals surface area contributed by atoms with Crippen LogP contribution in [-0.2, 0) is 14.8 Å². The molecule has 0 bridgehead atoms. The SMILES string of the molecule is C[C@H]1CCC[C@H](C)N1S(=O)(=O)c1ccc(NC(=O)CCNC(=O)c2ccccc2)cc1. The molecule has 7 nitrogen and oxygen atoms in total. The van der Waals surface area contributed by atoms with E-state index in [0.717, 1.165) is 19.3 Å². The highest BCUT2D eigenvalue weighted by molar-refractivity contribution is 7.89. The van der Waals surface area contributed by atoms with Gasteiger partial charge in [0, 0.05) is 36.3 Å². The van der Waals surface area contributed by atoms with Crippen LogP contribution in [0.4, 0.5) is 5.69 Å². The van der Waals surface area contributed by atoms with E-state index in [1.165, 1.54) is 12.1 Å². The highest BCUT2D eigenvalue weighted by Gasteiger charge is 2.35. The van der Waals surface area contributed by atoms with Gasteiger partial charge in [0.25, 0.3) is 5.91 Å². The number of hydrogen-bond donors (Lipinski definition) is 2. The molecule has 0 radical (unpaired) electrons. The summed E-state index contributed by atoms with van der Waals surface area (Å²) >= 11 is 0. The topological polar surface area (TPSA) is 95.6 Å². The van der Waals surface area contributed by atoms with Crippen molar-refractivity contribution in [1.29, 1.82) is 0 Å². The van der Waals surface area contributed by atoms with Crippen molar-refractivity contribution in [2.75, 3.05) is 11.9 Å². The predicted octanol–water partition coefficient (Wildman–Crippen LogP) is 3.40. The summed E-state index contributed by atoms with van der Waals surface area (Å²) < 4.78 is 27.7. The van der Waals surface area contributed by atoms with E-state index in [4.69, 9.17) is 0 Å². The Kier molecular flexibility index (Phi) is 7.46. The molecule has 2 N–H and O–H groups in total. The van der Waals surface area contributed by atoms with Crippen LogP contribution in [0.15, 0.2) is 59.5 Å². The van der Waals surface area contributed by atoms with Gasteiger partial charge in [0.15, 0.2) is 0 Å². The lowest BCUT2D eigenvalue weighted by molar-refractivity contribution is -0.116. The first-order valence-corrected chi connectivity index (χ1v) is 12.0. The number of benzene rings is 2. The molecule has 1 saturated heterocycles. The zero-order chi connectivity index (χ0) is 22.4. The second kappa shape index (κ2) is 10.1. The second-order valence-corrected chi connectivity index (χ2v) is 9.75. The Hall–Kier alpha value is -2.71. The molecule has 0 saturated carbocycles. The summed E-state index contributed by atoms with van der Waals surface area (Å²) in [5, 5.41) is 5.44. The zero-order valence-electron chi connectivity index (χ0n) is 17.9. The average molecular weight is 444 g/mol. The smallest absolute Gasteiger partial charge is 0.251 e. The lowest BCUT2D eigenvalue weighted by Crippen LogP contribution is -2.47. The first kappa shape index (κ1) is 23.0. The Morgan fingerprint density at radius 3 is 2.19 bits per heavy atom. The Morgan fingerprint density at radius 2 is 1.58 bits per heavy atom. The summed E-state index contributed by atoms with van der Waals surface area (Å²) in [5.41, 5.74) is 1.05. The van der Waals surface area contributed by atoms with E-state index in [1.807, 2.05) is 19.9 Å². The number of nitrogens with one attached hydrogen (secondary N) is 2. The van der Waals surface area contributed by atoms with Crippen molar-refractivity contribution in [1.82, 2.24) is 9.62 Å². The van der Waals surface area contributed by atoms with Crippen LogP contribution in [0.5, 0.6) is 0 Å². The number of rotatable bonds is 7. The highest BCUT2D eigenvalue weighted by Crippen LogP contribution is 2.29. The summed E-state index contributed by atoms with van der Waals surface area (Å²) in [7, 11) is -3.58. The molecule has 0 aliphatic carbocycles. The van der Waals surface area contributed by atoms with Gasteiger partial charge in [0.1, 0.15) is 0 Å². The van der Waals surface area contributed by atoms with Crippen LogP contribution < -0.4 is 10.6 Å². The largest absolute Gasteiger partial charge is 0.352 e. The third-order valence-electron chi connectivity index (χ3n) is 5.50. The van der Waals surface area contributed by atoms with Crippen LogP contribution in [0.3, 0.4) is 0 Å². The highest BCUT2D eigenvalue weighted by atomic mass is 32.2. The molecule has 2 atom stereocenters. The molecule has 2 aromatic rings. The fourth-order valence-electron chi connectivity index (χ4n) is 3.91. The van der Waals surface area contributed by atoms with E-state index in [0.29, 0.717) is 11.3 Å². The van der Waals surface area contributed by atoms with Gasteiger partial charge in [-0.2, -0.15) is 4.31 Å². The molecule has 0 aromatic heterocycles. The lowest BCUT2D eigenvalue weighted by atomic mass is 10.0. The van der Waals surface area contributed by atoms with E-state index < -0.39 is 10.0 Å². The summed E-state index contributed by atoms with van der Waals surface area (Å²) in [6, 6.07) is 15.0. The molecule has 0 unspecified atom stereocenters. The standard InChI is InChI=1S/C23H29N3O4S/c1-17-7-6-8-18(2)26(17)31(29,30)21-13-11-20(12-14-21)25-22(27)15-16-24-23(28)19-9-4-3-5-10-19/h3-5,9-14,17-18H,6-8,15-16H2,1-2H3,(H,24,28)(H,25,27)/t17-,18-/m0/s1. The first-order chi connectivity index (χ1) is 14.8. The van der Waals surface area contributed by atoms with Crippen molar-refractivity contribution in [3.05, 3.63) is 60.2 Å². The van der Waals surface area contributed by atoms with Crippen molar-refractivity contribution in [3.63, 3.8) is 0 Å². The average Bonchev–Trinajstić information content (AvgIpc) is 2.74. The van der Waals surface area contributed by atoms with Gasteiger partial charge >= 0.3 is 0 Å². The van der Waals surface area contributed by atoms with E-state index in [-0.39, 0.29) is 41.8 Å². The molecule has 0 spiro atoms. The van der Waals surface area contributed by atoms with Crippen LogP contribution in [0, 0.1) is 0 Å². The number of anilines is 1. The van der Waals surface area contributed by atoms with E-state index in [9.17, 15) is 18.0 Å². The molecule has 2 amide bonds. The van der Waals surface area contributed by atoms with Crippen LogP contribution >= 0.6 is 0 Å². The minimum absolute atomic E-state index is 0.0285. The zero-order valence-corrected chi connectivity index (χ0v) is 18.7. The number of hydrogen-bond acceptors (Lipinski definition) is 4. The quantitative estimate of drug-likeness (QED) is 0.686. The summed E-state index contributed by atoms with van der Waals surface area (Å²) in [4.78, 5) is 24.4. The second-order valence-electron chi connectivity index (χ2n) is 7.91. The van der Waals surface area contributed by atoms with Gasteiger partial charge in [-0.3, -0.25) is 9.59 Å². The minimum Gasteiger partial charge on any atom is -0.352 e. The Bertz CT molecular complexity index is 997. The summed E-state index contributed by atoms with van der Waals surface area (Å²) in [5.74, 6) is -0.494. The van der Waals surface area contributed by atoms with Gasteiger partial charge in [-0.15, -0.1) is 0 Å². The van der Waals surface area contributed by atoms with Crippen molar-refractivity contribution in [2.24, 2.45) is 0 Å². The lowest BCUT2D eigenvalue weighted by Gasteiger charge is -2.37. The Balaban J connectivity index is 1.54. The molecule has 1 fully saturated rings. The van der Waals surface area contributed by atoms with E-state index in [2.05, 4.69) is 10.6 Å². The third-order valence-corrected chi connectivity index (χ3v) is 7.64. The maximum absolute atomic E-state index is 13.1. The molecule has 1 heterocycles. The molecule has 2 aromatic carbocycles. The molecule has 8 heteroatoms. The molecular formula is C23H29N3O4S. The molecule has 31 heavy (non-hydrogen) atoms. The molecular weight excluding hydrogens is 414 g/mol. The number of sulfonamides is 1. The van der Waals surface area contributed by atoms with Crippen molar-refractivity contribution in [3.8, 4) is 0 Å². The first-order valence-electron chi connectivity index (χ1n) is 10.6. The van der Waals surface area contributed by atoms with Gasteiger partial charge in [-0.25, -0.2) is 8.42 Å². The van der Waals surface area contributed by atoms with Gasteiger partial charge < -0.3 is 10.6 Å². The molecule has 1 aliphatic heterocycles. The van der Waals surface area contributed by atoms with Gasteiger partial charge in [-0.05, 0) is 63.1 Å². The van der Waals surface area contributed by atoms with Crippen LogP contribution in [0.2, 0.25) is 0 Å². The van der Waals surface area contributed by atoms with E-state index >= 15 is 0 Å². The molecule has 1 aliphatic rings. The Labute approximate surface area is 183 Å². The summed E-state index contributed by atoms with van der Waals surface area (Å²) in [6.07, 6.45) is 2.86.